The van der Waals surface area contributed by atoms with Crippen LogP contribution in [0.1, 0.15) is 35.2 Å². The number of sulfonamides is 1. The SMILES string of the molecule is Cc1ccc(C)c([C@H](C)NC(=O)CN(c2cc(Cl)ccc2C)S(C)(=O)=O)c1. The van der Waals surface area contributed by atoms with Gasteiger partial charge in [0, 0.05) is 5.02 Å². The second-order valence-electron chi connectivity index (χ2n) is 6.85. The second kappa shape index (κ2) is 8.31. The number of rotatable bonds is 6. The van der Waals surface area contributed by atoms with Gasteiger partial charge in [0.1, 0.15) is 6.54 Å². The highest BCUT2D eigenvalue weighted by atomic mass is 35.5. The lowest BCUT2D eigenvalue weighted by atomic mass is 10.00. The topological polar surface area (TPSA) is 66.5 Å². The van der Waals surface area contributed by atoms with Gasteiger partial charge in [-0.25, -0.2) is 8.42 Å². The molecule has 0 fully saturated rings. The van der Waals surface area contributed by atoms with Crippen molar-refractivity contribution in [3.63, 3.8) is 0 Å². The summed E-state index contributed by atoms with van der Waals surface area (Å²) in [5.74, 6) is -0.381. The predicted octanol–water partition coefficient (Wildman–Crippen LogP) is 3.91. The molecule has 146 valence electrons. The largest absolute Gasteiger partial charge is 0.348 e. The molecular formula is C20H25ClN2O3S. The molecule has 7 heteroatoms. The van der Waals surface area contributed by atoms with E-state index in [1.54, 1.807) is 25.1 Å². The van der Waals surface area contributed by atoms with Gasteiger partial charge in [-0.15, -0.1) is 0 Å². The minimum Gasteiger partial charge on any atom is -0.348 e. The highest BCUT2D eigenvalue weighted by molar-refractivity contribution is 7.92. The first kappa shape index (κ1) is 21.3. The Kier molecular flexibility index (Phi) is 6.54. The lowest BCUT2D eigenvalue weighted by molar-refractivity contribution is -0.120. The summed E-state index contributed by atoms with van der Waals surface area (Å²) in [6.45, 7) is 7.32. The maximum atomic E-state index is 12.6. The summed E-state index contributed by atoms with van der Waals surface area (Å²) in [6, 6.07) is 10.8. The number of hydrogen-bond donors (Lipinski definition) is 1. The van der Waals surface area contributed by atoms with Gasteiger partial charge in [-0.05, 0) is 56.5 Å². The van der Waals surface area contributed by atoms with E-state index >= 15 is 0 Å². The molecule has 0 radical (unpaired) electrons. The van der Waals surface area contributed by atoms with Gasteiger partial charge in [0.15, 0.2) is 0 Å². The molecule has 2 aromatic carbocycles. The third kappa shape index (κ3) is 5.47. The first-order valence-electron chi connectivity index (χ1n) is 8.59. The third-order valence-electron chi connectivity index (χ3n) is 4.41. The van der Waals surface area contributed by atoms with Gasteiger partial charge in [0.25, 0.3) is 0 Å². The Morgan fingerprint density at radius 3 is 2.37 bits per heavy atom. The van der Waals surface area contributed by atoms with Crippen LogP contribution in [-0.4, -0.2) is 27.1 Å². The quantitative estimate of drug-likeness (QED) is 0.787. The zero-order valence-electron chi connectivity index (χ0n) is 16.2. The van der Waals surface area contributed by atoms with Gasteiger partial charge in [-0.1, -0.05) is 41.4 Å². The minimum absolute atomic E-state index is 0.237. The summed E-state index contributed by atoms with van der Waals surface area (Å²) in [6.07, 6.45) is 1.08. The summed E-state index contributed by atoms with van der Waals surface area (Å²) in [4.78, 5) is 12.6. The van der Waals surface area contributed by atoms with E-state index in [1.807, 2.05) is 39.0 Å². The van der Waals surface area contributed by atoms with Crippen LogP contribution in [0.4, 0.5) is 5.69 Å². The van der Waals surface area contributed by atoms with Crippen LogP contribution in [0.2, 0.25) is 5.02 Å². The predicted molar refractivity (Wildman–Crippen MR) is 111 cm³/mol. The third-order valence-corrected chi connectivity index (χ3v) is 5.77. The highest BCUT2D eigenvalue weighted by Gasteiger charge is 2.23. The number of carbonyl (C=O) groups is 1. The number of hydrogen-bond acceptors (Lipinski definition) is 3. The standard InChI is InChI=1S/C20H25ClN2O3S/c1-13-6-7-14(2)18(10-13)16(4)22-20(24)12-23(27(5,25)26)19-11-17(21)9-8-15(19)3/h6-11,16H,12H2,1-5H3,(H,22,24)/t16-/m0/s1. The van der Waals surface area contributed by atoms with Gasteiger partial charge >= 0.3 is 0 Å². The van der Waals surface area contributed by atoms with Crippen molar-refractivity contribution in [2.45, 2.75) is 33.7 Å². The summed E-state index contributed by atoms with van der Waals surface area (Å²) in [7, 11) is -3.65. The molecule has 0 aliphatic heterocycles. The van der Waals surface area contributed by atoms with Crippen LogP contribution >= 0.6 is 11.6 Å². The summed E-state index contributed by atoms with van der Waals surface area (Å²) in [5.41, 5.74) is 4.30. The van der Waals surface area contributed by atoms with E-state index in [0.29, 0.717) is 10.7 Å². The lowest BCUT2D eigenvalue weighted by Crippen LogP contribution is -2.41. The maximum Gasteiger partial charge on any atom is 0.241 e. The van der Waals surface area contributed by atoms with Crippen molar-refractivity contribution in [2.75, 3.05) is 17.1 Å². The maximum absolute atomic E-state index is 12.6. The van der Waals surface area contributed by atoms with Crippen LogP contribution < -0.4 is 9.62 Å². The molecule has 27 heavy (non-hydrogen) atoms. The van der Waals surface area contributed by atoms with E-state index < -0.39 is 10.0 Å². The Balaban J connectivity index is 2.24. The Bertz CT molecular complexity index is 958. The van der Waals surface area contributed by atoms with E-state index in [-0.39, 0.29) is 18.5 Å². The smallest absolute Gasteiger partial charge is 0.241 e. The molecule has 0 saturated heterocycles. The van der Waals surface area contributed by atoms with Crippen LogP contribution in [-0.2, 0) is 14.8 Å². The fourth-order valence-electron chi connectivity index (χ4n) is 2.95. The summed E-state index contributed by atoms with van der Waals surface area (Å²) in [5, 5.41) is 3.30. The van der Waals surface area contributed by atoms with E-state index in [9.17, 15) is 13.2 Å². The van der Waals surface area contributed by atoms with E-state index in [4.69, 9.17) is 11.6 Å². The number of benzene rings is 2. The Labute approximate surface area is 166 Å². The molecule has 0 aliphatic rings. The minimum atomic E-state index is -3.65. The van der Waals surface area contributed by atoms with Gasteiger partial charge < -0.3 is 5.32 Å². The van der Waals surface area contributed by atoms with E-state index in [1.165, 1.54) is 0 Å². The van der Waals surface area contributed by atoms with Crippen molar-refractivity contribution < 1.29 is 13.2 Å². The molecule has 0 heterocycles. The molecule has 0 aliphatic carbocycles. The Hall–Kier alpha value is -2.05. The van der Waals surface area contributed by atoms with Gasteiger partial charge in [-0.2, -0.15) is 0 Å². The molecule has 0 unspecified atom stereocenters. The number of amides is 1. The zero-order chi connectivity index (χ0) is 20.4. The van der Waals surface area contributed by atoms with Crippen LogP contribution in [0.5, 0.6) is 0 Å². The van der Waals surface area contributed by atoms with Gasteiger partial charge in [-0.3, -0.25) is 9.10 Å². The van der Waals surface area contributed by atoms with Crippen molar-refractivity contribution in [2.24, 2.45) is 0 Å². The van der Waals surface area contributed by atoms with Crippen molar-refractivity contribution >= 4 is 33.2 Å². The number of anilines is 1. The van der Waals surface area contributed by atoms with Gasteiger partial charge in [0.05, 0.1) is 18.0 Å². The number of halogens is 1. The van der Waals surface area contributed by atoms with Crippen LogP contribution in [0.15, 0.2) is 36.4 Å². The second-order valence-corrected chi connectivity index (χ2v) is 9.19. The van der Waals surface area contributed by atoms with Crippen molar-refractivity contribution in [3.8, 4) is 0 Å². The van der Waals surface area contributed by atoms with Crippen molar-refractivity contribution in [3.05, 3.63) is 63.7 Å². The van der Waals surface area contributed by atoms with Crippen LogP contribution in [0, 0.1) is 20.8 Å². The molecule has 1 atom stereocenters. The first-order valence-corrected chi connectivity index (χ1v) is 10.8. The van der Waals surface area contributed by atoms with Crippen LogP contribution in [0.3, 0.4) is 0 Å². The molecule has 0 aromatic heterocycles. The Morgan fingerprint density at radius 2 is 1.74 bits per heavy atom. The van der Waals surface area contributed by atoms with Crippen LogP contribution in [0.25, 0.3) is 0 Å². The molecule has 2 rings (SSSR count). The Morgan fingerprint density at radius 1 is 1.11 bits per heavy atom. The molecule has 2 aromatic rings. The highest BCUT2D eigenvalue weighted by Crippen LogP contribution is 2.26. The first-order chi connectivity index (χ1) is 12.5. The normalized spacial score (nSPS) is 12.5. The lowest BCUT2D eigenvalue weighted by Gasteiger charge is -2.25. The summed E-state index contributed by atoms with van der Waals surface area (Å²) < 4.78 is 25.7. The monoisotopic (exact) mass is 408 g/mol. The average Bonchev–Trinajstić information content (AvgIpc) is 2.56. The molecule has 0 saturated carbocycles. The molecule has 1 N–H and O–H groups in total. The summed E-state index contributed by atoms with van der Waals surface area (Å²) >= 11 is 6.02. The molecular weight excluding hydrogens is 384 g/mol. The van der Waals surface area contributed by atoms with Crippen molar-refractivity contribution in [1.29, 1.82) is 0 Å². The van der Waals surface area contributed by atoms with E-state index in [2.05, 4.69) is 5.32 Å². The number of carbonyl (C=O) groups excluding carboxylic acids is 1. The fraction of sp³-hybridized carbons (Fsp3) is 0.350. The molecule has 0 bridgehead atoms. The fourth-order valence-corrected chi connectivity index (χ4v) is 4.03. The molecule has 0 spiro atoms. The molecule has 1 amide bonds. The number of nitrogens with one attached hydrogen (secondary N) is 1. The molecule has 5 nitrogen and oxygen atoms in total. The number of aryl methyl sites for hydroxylation is 3. The zero-order valence-corrected chi connectivity index (χ0v) is 17.8. The number of nitrogens with zero attached hydrogens (tertiary/aromatic N) is 1. The van der Waals surface area contributed by atoms with E-state index in [0.717, 1.165) is 32.8 Å². The van der Waals surface area contributed by atoms with Gasteiger partial charge in [0.2, 0.25) is 15.9 Å². The average molecular weight is 409 g/mol. The van der Waals surface area contributed by atoms with Crippen molar-refractivity contribution in [1.82, 2.24) is 5.32 Å².